The summed E-state index contributed by atoms with van der Waals surface area (Å²) in [5.74, 6) is -0.923. The number of aromatic carboxylic acids is 1. The fourth-order valence-corrected chi connectivity index (χ4v) is 2.79. The van der Waals surface area contributed by atoms with Crippen LogP contribution in [0.4, 0.5) is 5.69 Å². The second-order valence-electron chi connectivity index (χ2n) is 5.67. The van der Waals surface area contributed by atoms with E-state index in [0.717, 1.165) is 18.8 Å². The second-order valence-corrected chi connectivity index (χ2v) is 5.67. The van der Waals surface area contributed by atoms with Crippen LogP contribution in [-0.2, 0) is 4.74 Å². The average molecular weight is 341 g/mol. The number of rotatable bonds is 3. The number of aromatic nitrogens is 4. The lowest BCUT2D eigenvalue weighted by Gasteiger charge is -2.28. The zero-order valence-corrected chi connectivity index (χ0v) is 13.2. The number of carboxylic acids is 1. The maximum atomic E-state index is 12.5. The Morgan fingerprint density at radius 1 is 1.28 bits per heavy atom. The SMILES string of the molecule is O=C(O)c1cnn(-c2nc3ccc(N4CCOCC4)cc3c(=O)[nH]2)c1. The highest BCUT2D eigenvalue weighted by atomic mass is 16.5. The summed E-state index contributed by atoms with van der Waals surface area (Å²) in [5.41, 5.74) is 1.18. The van der Waals surface area contributed by atoms with Crippen molar-refractivity contribution >= 4 is 22.6 Å². The molecule has 0 amide bonds. The molecule has 0 spiro atoms. The van der Waals surface area contributed by atoms with Gasteiger partial charge in [0.1, 0.15) is 0 Å². The zero-order valence-electron chi connectivity index (χ0n) is 13.2. The molecule has 1 aliphatic rings. The summed E-state index contributed by atoms with van der Waals surface area (Å²) in [6, 6.07) is 5.50. The van der Waals surface area contributed by atoms with Crippen LogP contribution in [0.5, 0.6) is 0 Å². The maximum Gasteiger partial charge on any atom is 0.338 e. The van der Waals surface area contributed by atoms with E-state index in [-0.39, 0.29) is 17.1 Å². The van der Waals surface area contributed by atoms with Crippen LogP contribution in [0.25, 0.3) is 16.9 Å². The first-order valence-corrected chi connectivity index (χ1v) is 7.77. The van der Waals surface area contributed by atoms with E-state index in [1.807, 2.05) is 12.1 Å². The summed E-state index contributed by atoms with van der Waals surface area (Å²) in [7, 11) is 0. The van der Waals surface area contributed by atoms with Gasteiger partial charge in [0.2, 0.25) is 5.95 Å². The minimum absolute atomic E-state index is 0.0189. The van der Waals surface area contributed by atoms with Crippen LogP contribution in [0, 0.1) is 0 Å². The molecular weight excluding hydrogens is 326 g/mol. The molecule has 25 heavy (non-hydrogen) atoms. The van der Waals surface area contributed by atoms with E-state index in [9.17, 15) is 9.59 Å². The van der Waals surface area contributed by atoms with Crippen molar-refractivity contribution in [3.8, 4) is 5.95 Å². The molecule has 0 atom stereocenters. The standard InChI is InChI=1S/C16H15N5O4/c22-14-12-7-11(20-3-5-25-6-4-20)1-2-13(12)18-16(19-14)21-9-10(8-17-21)15(23)24/h1-2,7-9H,3-6H2,(H,23,24)(H,18,19,22). The summed E-state index contributed by atoms with van der Waals surface area (Å²) in [4.78, 5) is 32.6. The molecule has 128 valence electrons. The molecule has 1 aliphatic heterocycles. The van der Waals surface area contributed by atoms with Gasteiger partial charge in [0.15, 0.2) is 0 Å². The summed E-state index contributed by atoms with van der Waals surface area (Å²) in [6.45, 7) is 2.88. The van der Waals surface area contributed by atoms with Crippen molar-refractivity contribution in [2.45, 2.75) is 0 Å². The van der Waals surface area contributed by atoms with Gasteiger partial charge in [-0.3, -0.25) is 9.78 Å². The molecule has 9 heteroatoms. The number of H-pyrrole nitrogens is 1. The van der Waals surface area contributed by atoms with Crippen molar-refractivity contribution in [3.63, 3.8) is 0 Å². The van der Waals surface area contributed by atoms with E-state index in [0.29, 0.717) is 24.1 Å². The highest BCUT2D eigenvalue weighted by molar-refractivity contribution is 5.87. The Morgan fingerprint density at radius 2 is 2.08 bits per heavy atom. The van der Waals surface area contributed by atoms with Crippen LogP contribution in [0.15, 0.2) is 35.4 Å². The molecule has 2 aromatic heterocycles. The van der Waals surface area contributed by atoms with Crippen molar-refractivity contribution in [2.24, 2.45) is 0 Å². The third kappa shape index (κ3) is 2.85. The Hall–Kier alpha value is -3.20. The third-order valence-corrected chi connectivity index (χ3v) is 4.10. The minimum atomic E-state index is -1.09. The number of hydrogen-bond acceptors (Lipinski definition) is 6. The highest BCUT2D eigenvalue weighted by Crippen LogP contribution is 2.20. The predicted molar refractivity (Wildman–Crippen MR) is 89.5 cm³/mol. The quantitative estimate of drug-likeness (QED) is 0.719. The number of nitrogens with zero attached hydrogens (tertiary/aromatic N) is 4. The molecule has 1 aromatic carbocycles. The molecule has 3 heterocycles. The number of fused-ring (bicyclic) bond motifs is 1. The second kappa shape index (κ2) is 6.02. The molecule has 0 unspecified atom stereocenters. The Morgan fingerprint density at radius 3 is 2.80 bits per heavy atom. The van der Waals surface area contributed by atoms with Crippen LogP contribution in [0.1, 0.15) is 10.4 Å². The summed E-state index contributed by atoms with van der Waals surface area (Å²) >= 11 is 0. The highest BCUT2D eigenvalue weighted by Gasteiger charge is 2.14. The van der Waals surface area contributed by atoms with Crippen molar-refractivity contribution in [1.29, 1.82) is 0 Å². The van der Waals surface area contributed by atoms with Crippen LogP contribution < -0.4 is 10.5 Å². The Balaban J connectivity index is 1.74. The first-order chi connectivity index (χ1) is 12.1. The number of hydrogen-bond donors (Lipinski definition) is 2. The summed E-state index contributed by atoms with van der Waals surface area (Å²) in [5, 5.41) is 13.4. The molecule has 4 rings (SSSR count). The summed E-state index contributed by atoms with van der Waals surface area (Å²) in [6.07, 6.45) is 2.50. The van der Waals surface area contributed by atoms with Gasteiger partial charge in [0.05, 0.1) is 35.9 Å². The lowest BCUT2D eigenvalue weighted by Crippen LogP contribution is -2.36. The Kier molecular flexibility index (Phi) is 3.69. The molecule has 0 bridgehead atoms. The van der Waals surface area contributed by atoms with Crippen LogP contribution in [-0.4, -0.2) is 57.1 Å². The fraction of sp³-hybridized carbons (Fsp3) is 0.250. The van der Waals surface area contributed by atoms with Gasteiger partial charge >= 0.3 is 5.97 Å². The number of morpholine rings is 1. The van der Waals surface area contributed by atoms with Crippen LogP contribution in [0.2, 0.25) is 0 Å². The van der Waals surface area contributed by atoms with E-state index >= 15 is 0 Å². The predicted octanol–water partition coefficient (Wildman–Crippen LogP) is 0.644. The first kappa shape index (κ1) is 15.3. The zero-order chi connectivity index (χ0) is 17.4. The molecule has 0 aliphatic carbocycles. The number of anilines is 1. The van der Waals surface area contributed by atoms with E-state index in [4.69, 9.17) is 9.84 Å². The van der Waals surface area contributed by atoms with Gasteiger partial charge in [-0.05, 0) is 18.2 Å². The normalized spacial score (nSPS) is 14.8. The monoisotopic (exact) mass is 341 g/mol. The molecule has 0 saturated carbocycles. The Labute approximate surface area is 141 Å². The number of benzene rings is 1. The van der Waals surface area contributed by atoms with E-state index in [2.05, 4.69) is 20.0 Å². The van der Waals surface area contributed by atoms with Gasteiger partial charge in [0, 0.05) is 25.0 Å². The van der Waals surface area contributed by atoms with Crippen LogP contribution >= 0.6 is 0 Å². The number of carboxylic acid groups (broad SMARTS) is 1. The van der Waals surface area contributed by atoms with Crippen molar-refractivity contribution in [3.05, 3.63) is 46.5 Å². The van der Waals surface area contributed by atoms with Gasteiger partial charge in [-0.2, -0.15) is 5.10 Å². The van der Waals surface area contributed by atoms with E-state index in [1.54, 1.807) is 6.07 Å². The maximum absolute atomic E-state index is 12.5. The number of ether oxygens (including phenoxy) is 1. The molecule has 0 radical (unpaired) electrons. The van der Waals surface area contributed by atoms with Crippen molar-refractivity contribution in [2.75, 3.05) is 31.2 Å². The Bertz CT molecular complexity index is 1000. The molecule has 1 fully saturated rings. The van der Waals surface area contributed by atoms with Crippen LogP contribution in [0.3, 0.4) is 0 Å². The van der Waals surface area contributed by atoms with Gasteiger partial charge < -0.3 is 14.7 Å². The van der Waals surface area contributed by atoms with Gasteiger partial charge in [-0.15, -0.1) is 0 Å². The minimum Gasteiger partial charge on any atom is -0.478 e. The first-order valence-electron chi connectivity index (χ1n) is 7.77. The van der Waals surface area contributed by atoms with Crippen molar-refractivity contribution < 1.29 is 14.6 Å². The number of aromatic amines is 1. The topological polar surface area (TPSA) is 113 Å². The smallest absolute Gasteiger partial charge is 0.338 e. The lowest BCUT2D eigenvalue weighted by atomic mass is 10.2. The molecule has 1 saturated heterocycles. The van der Waals surface area contributed by atoms with E-state index in [1.165, 1.54) is 17.1 Å². The lowest BCUT2D eigenvalue weighted by molar-refractivity contribution is 0.0697. The number of nitrogens with one attached hydrogen (secondary N) is 1. The molecule has 9 nitrogen and oxygen atoms in total. The van der Waals surface area contributed by atoms with E-state index < -0.39 is 5.97 Å². The molecule has 3 aromatic rings. The molecular formula is C16H15N5O4. The van der Waals surface area contributed by atoms with Crippen molar-refractivity contribution in [1.82, 2.24) is 19.7 Å². The average Bonchev–Trinajstić information content (AvgIpc) is 3.13. The third-order valence-electron chi connectivity index (χ3n) is 4.10. The van der Waals surface area contributed by atoms with Gasteiger partial charge in [-0.1, -0.05) is 0 Å². The fourth-order valence-electron chi connectivity index (χ4n) is 2.79. The summed E-state index contributed by atoms with van der Waals surface area (Å²) < 4.78 is 6.58. The van der Waals surface area contributed by atoms with Gasteiger partial charge in [-0.25, -0.2) is 14.5 Å². The molecule has 2 N–H and O–H groups in total. The number of carbonyl (C=O) groups is 1. The largest absolute Gasteiger partial charge is 0.478 e. The van der Waals surface area contributed by atoms with Gasteiger partial charge in [0.25, 0.3) is 5.56 Å².